The Bertz CT molecular complexity index is 670. The summed E-state index contributed by atoms with van der Waals surface area (Å²) in [5, 5.41) is 3.88. The number of hydrogen-bond donors (Lipinski definition) is 1. The van der Waals surface area contributed by atoms with E-state index in [0.717, 1.165) is 6.42 Å². The van der Waals surface area contributed by atoms with Crippen LogP contribution < -0.4 is 5.43 Å². The second kappa shape index (κ2) is 5.87. The van der Waals surface area contributed by atoms with Gasteiger partial charge in [-0.25, -0.2) is 9.82 Å². The topological polar surface area (TPSA) is 41.5 Å². The fourth-order valence-corrected chi connectivity index (χ4v) is 2.39. The van der Waals surface area contributed by atoms with Gasteiger partial charge in [0, 0.05) is 5.92 Å². The van der Waals surface area contributed by atoms with Gasteiger partial charge in [0.15, 0.2) is 0 Å². The van der Waals surface area contributed by atoms with Crippen LogP contribution in [0.3, 0.4) is 0 Å². The lowest BCUT2D eigenvalue weighted by Gasteiger charge is -2.00. The predicted molar refractivity (Wildman–Crippen MR) is 79.4 cm³/mol. The van der Waals surface area contributed by atoms with Crippen molar-refractivity contribution in [1.29, 1.82) is 0 Å². The monoisotopic (exact) mass is 282 g/mol. The predicted octanol–water partition coefficient (Wildman–Crippen LogP) is 3.08. The van der Waals surface area contributed by atoms with Gasteiger partial charge in [0.25, 0.3) is 0 Å². The van der Waals surface area contributed by atoms with Gasteiger partial charge in [0.05, 0.1) is 6.21 Å². The Morgan fingerprint density at radius 2 is 2.00 bits per heavy atom. The van der Waals surface area contributed by atoms with E-state index >= 15 is 0 Å². The van der Waals surface area contributed by atoms with Crippen LogP contribution in [0.4, 0.5) is 4.39 Å². The molecule has 1 saturated carbocycles. The molecule has 2 unspecified atom stereocenters. The molecular weight excluding hydrogens is 267 g/mol. The SMILES string of the molecule is O=C(N/N=C/c1cccc(F)c1)C1CC1c1ccccc1. The van der Waals surface area contributed by atoms with Crippen molar-refractivity contribution in [2.24, 2.45) is 11.0 Å². The normalized spacial score (nSPS) is 20.4. The van der Waals surface area contributed by atoms with E-state index in [1.807, 2.05) is 30.3 Å². The Morgan fingerprint density at radius 3 is 2.76 bits per heavy atom. The van der Waals surface area contributed by atoms with Crippen molar-refractivity contribution in [3.63, 3.8) is 0 Å². The summed E-state index contributed by atoms with van der Waals surface area (Å²) in [7, 11) is 0. The Kier molecular flexibility index (Phi) is 3.77. The third-order valence-corrected chi connectivity index (χ3v) is 3.59. The summed E-state index contributed by atoms with van der Waals surface area (Å²) in [6, 6.07) is 16.0. The van der Waals surface area contributed by atoms with E-state index in [2.05, 4.69) is 10.5 Å². The van der Waals surface area contributed by atoms with Crippen LogP contribution in [0, 0.1) is 11.7 Å². The highest BCUT2D eigenvalue weighted by Crippen LogP contribution is 2.47. The van der Waals surface area contributed by atoms with Gasteiger partial charge in [-0.05, 0) is 35.6 Å². The molecule has 21 heavy (non-hydrogen) atoms. The zero-order chi connectivity index (χ0) is 14.7. The highest BCUT2D eigenvalue weighted by atomic mass is 19.1. The lowest BCUT2D eigenvalue weighted by atomic mass is 10.1. The lowest BCUT2D eigenvalue weighted by Crippen LogP contribution is -2.20. The first-order chi connectivity index (χ1) is 10.2. The van der Waals surface area contributed by atoms with Crippen molar-refractivity contribution < 1.29 is 9.18 Å². The second-order valence-corrected chi connectivity index (χ2v) is 5.15. The van der Waals surface area contributed by atoms with Crippen LogP contribution >= 0.6 is 0 Å². The Balaban J connectivity index is 1.54. The fourth-order valence-electron chi connectivity index (χ4n) is 2.39. The number of halogens is 1. The van der Waals surface area contributed by atoms with Crippen molar-refractivity contribution >= 4 is 12.1 Å². The summed E-state index contributed by atoms with van der Waals surface area (Å²) in [6.45, 7) is 0. The summed E-state index contributed by atoms with van der Waals surface area (Å²) >= 11 is 0. The van der Waals surface area contributed by atoms with Gasteiger partial charge in [-0.15, -0.1) is 0 Å². The summed E-state index contributed by atoms with van der Waals surface area (Å²) < 4.78 is 13.0. The third kappa shape index (κ3) is 3.34. The Hall–Kier alpha value is -2.49. The molecule has 0 aliphatic heterocycles. The Morgan fingerprint density at radius 1 is 1.19 bits per heavy atom. The third-order valence-electron chi connectivity index (χ3n) is 3.59. The molecule has 1 N–H and O–H groups in total. The molecule has 1 amide bonds. The first-order valence-corrected chi connectivity index (χ1v) is 6.87. The average molecular weight is 282 g/mol. The van der Waals surface area contributed by atoms with E-state index < -0.39 is 0 Å². The molecule has 1 aliphatic rings. The maximum atomic E-state index is 13.0. The van der Waals surface area contributed by atoms with Crippen LogP contribution in [0.5, 0.6) is 0 Å². The van der Waals surface area contributed by atoms with E-state index in [-0.39, 0.29) is 23.6 Å². The van der Waals surface area contributed by atoms with Crippen LogP contribution in [-0.2, 0) is 4.79 Å². The van der Waals surface area contributed by atoms with Crippen LogP contribution in [0.25, 0.3) is 0 Å². The van der Waals surface area contributed by atoms with Gasteiger partial charge in [0.2, 0.25) is 5.91 Å². The number of nitrogens with one attached hydrogen (secondary N) is 1. The van der Waals surface area contributed by atoms with Gasteiger partial charge in [0.1, 0.15) is 5.82 Å². The lowest BCUT2D eigenvalue weighted by molar-refractivity contribution is -0.122. The highest BCUT2D eigenvalue weighted by molar-refractivity contribution is 5.85. The molecule has 0 radical (unpaired) electrons. The van der Waals surface area contributed by atoms with Crippen molar-refractivity contribution in [2.45, 2.75) is 12.3 Å². The van der Waals surface area contributed by atoms with Crippen molar-refractivity contribution in [1.82, 2.24) is 5.43 Å². The molecule has 0 spiro atoms. The van der Waals surface area contributed by atoms with Crippen LogP contribution in [0.15, 0.2) is 59.7 Å². The molecule has 0 aromatic heterocycles. The zero-order valence-corrected chi connectivity index (χ0v) is 11.4. The number of hydrazone groups is 1. The van der Waals surface area contributed by atoms with E-state index in [4.69, 9.17) is 0 Å². The van der Waals surface area contributed by atoms with E-state index in [9.17, 15) is 9.18 Å². The minimum Gasteiger partial charge on any atom is -0.273 e. The summed E-state index contributed by atoms with van der Waals surface area (Å²) in [5.41, 5.74) is 4.32. The molecule has 2 aromatic rings. The quantitative estimate of drug-likeness (QED) is 0.679. The molecule has 2 atom stereocenters. The molecule has 0 bridgehead atoms. The maximum Gasteiger partial charge on any atom is 0.243 e. The van der Waals surface area contributed by atoms with Gasteiger partial charge < -0.3 is 0 Å². The number of carbonyl (C=O) groups is 1. The van der Waals surface area contributed by atoms with Gasteiger partial charge >= 0.3 is 0 Å². The molecule has 4 heteroatoms. The van der Waals surface area contributed by atoms with Crippen LogP contribution in [0.1, 0.15) is 23.5 Å². The van der Waals surface area contributed by atoms with Crippen molar-refractivity contribution in [2.75, 3.05) is 0 Å². The van der Waals surface area contributed by atoms with Crippen LogP contribution in [-0.4, -0.2) is 12.1 Å². The van der Waals surface area contributed by atoms with Gasteiger partial charge in [-0.1, -0.05) is 42.5 Å². The standard InChI is InChI=1S/C17H15FN2O/c18-14-8-4-5-12(9-14)11-19-20-17(21)16-10-15(16)13-6-2-1-3-7-13/h1-9,11,15-16H,10H2,(H,20,21)/b19-11+. The van der Waals surface area contributed by atoms with Crippen LogP contribution in [0.2, 0.25) is 0 Å². The number of benzene rings is 2. The second-order valence-electron chi connectivity index (χ2n) is 5.15. The molecule has 0 saturated heterocycles. The van der Waals surface area contributed by atoms with Gasteiger partial charge in [-0.2, -0.15) is 5.10 Å². The average Bonchev–Trinajstić information content (AvgIpc) is 3.29. The van der Waals surface area contributed by atoms with Crippen molar-refractivity contribution in [3.05, 3.63) is 71.5 Å². The number of rotatable bonds is 4. The molecule has 3 nitrogen and oxygen atoms in total. The minimum absolute atomic E-state index is 0.0166. The number of nitrogens with zero attached hydrogens (tertiary/aromatic N) is 1. The summed E-state index contributed by atoms with van der Waals surface area (Å²) in [4.78, 5) is 11.9. The first kappa shape index (κ1) is 13.5. The first-order valence-electron chi connectivity index (χ1n) is 6.87. The maximum absolute atomic E-state index is 13.0. The largest absolute Gasteiger partial charge is 0.273 e. The number of amides is 1. The Labute approximate surface area is 122 Å². The molecule has 1 aliphatic carbocycles. The van der Waals surface area contributed by atoms with Gasteiger partial charge in [-0.3, -0.25) is 4.79 Å². The highest BCUT2D eigenvalue weighted by Gasteiger charge is 2.43. The molecule has 0 heterocycles. The number of hydrogen-bond acceptors (Lipinski definition) is 2. The van der Waals surface area contributed by atoms with E-state index in [0.29, 0.717) is 5.56 Å². The molecule has 106 valence electrons. The summed E-state index contributed by atoms with van der Waals surface area (Å²) in [6.07, 6.45) is 2.30. The molecule has 1 fully saturated rings. The van der Waals surface area contributed by atoms with Crippen molar-refractivity contribution in [3.8, 4) is 0 Å². The molecule has 3 rings (SSSR count). The summed E-state index contributed by atoms with van der Waals surface area (Å²) in [5.74, 6) is -0.138. The zero-order valence-electron chi connectivity index (χ0n) is 11.4. The van der Waals surface area contributed by atoms with E-state index in [1.165, 1.54) is 23.9 Å². The smallest absolute Gasteiger partial charge is 0.243 e. The molecule has 2 aromatic carbocycles. The fraction of sp³-hybridized carbons (Fsp3) is 0.176. The minimum atomic E-state index is -0.323. The van der Waals surface area contributed by atoms with E-state index in [1.54, 1.807) is 12.1 Å². The number of carbonyl (C=O) groups excluding carboxylic acids is 1. The molecular formula is C17H15FN2O.